The first-order valence-electron chi connectivity index (χ1n) is 4.71. The van der Waals surface area contributed by atoms with Gasteiger partial charge in [0.2, 0.25) is 0 Å². The molecule has 0 spiro atoms. The first kappa shape index (κ1) is 10.5. The molecule has 0 fully saturated rings. The van der Waals surface area contributed by atoms with Crippen LogP contribution in [0.15, 0.2) is 29.2 Å². The van der Waals surface area contributed by atoms with Gasteiger partial charge in [-0.3, -0.25) is 0 Å². The van der Waals surface area contributed by atoms with E-state index in [4.69, 9.17) is 5.73 Å². The lowest BCUT2D eigenvalue weighted by molar-refractivity contribution is 0.924. The summed E-state index contributed by atoms with van der Waals surface area (Å²) in [5, 5.41) is 2.13. The van der Waals surface area contributed by atoms with Crippen LogP contribution in [0.4, 0.5) is 0 Å². The van der Waals surface area contributed by atoms with E-state index in [1.54, 1.807) is 0 Å². The summed E-state index contributed by atoms with van der Waals surface area (Å²) in [6, 6.07) is 4.31. The van der Waals surface area contributed by atoms with Crippen molar-refractivity contribution >= 4 is 11.3 Å². The van der Waals surface area contributed by atoms with Crippen LogP contribution >= 0.6 is 11.3 Å². The van der Waals surface area contributed by atoms with Crippen LogP contribution in [0.1, 0.15) is 24.6 Å². The van der Waals surface area contributed by atoms with Crippen molar-refractivity contribution in [1.29, 1.82) is 0 Å². The van der Waals surface area contributed by atoms with E-state index >= 15 is 0 Å². The number of hydrogen-bond donors (Lipinski definition) is 1. The van der Waals surface area contributed by atoms with Gasteiger partial charge >= 0.3 is 0 Å². The van der Waals surface area contributed by atoms with E-state index in [-0.39, 0.29) is 0 Å². The Morgan fingerprint density at radius 3 is 3.08 bits per heavy atom. The van der Waals surface area contributed by atoms with Gasteiger partial charge in [-0.2, -0.15) is 0 Å². The Kier molecular flexibility index (Phi) is 4.79. The maximum Gasteiger partial charge on any atom is 0.00483 e. The second-order valence-electron chi connectivity index (χ2n) is 3.21. The van der Waals surface area contributed by atoms with Gasteiger partial charge < -0.3 is 5.73 Å². The molecule has 1 nitrogen and oxygen atoms in total. The van der Waals surface area contributed by atoms with Crippen molar-refractivity contribution in [2.24, 2.45) is 5.73 Å². The van der Waals surface area contributed by atoms with Crippen molar-refractivity contribution in [3.8, 4) is 0 Å². The monoisotopic (exact) mass is 195 g/mol. The molecule has 0 unspecified atom stereocenters. The van der Waals surface area contributed by atoms with Gasteiger partial charge in [-0.05, 0) is 44.2 Å². The van der Waals surface area contributed by atoms with E-state index < -0.39 is 0 Å². The lowest BCUT2D eigenvalue weighted by atomic mass is 10.1. The minimum atomic E-state index is 0.760. The lowest BCUT2D eigenvalue weighted by Crippen LogP contribution is -1.96. The van der Waals surface area contributed by atoms with Crippen molar-refractivity contribution in [3.63, 3.8) is 0 Å². The molecule has 2 N–H and O–H groups in total. The van der Waals surface area contributed by atoms with Crippen LogP contribution in [0.2, 0.25) is 0 Å². The molecule has 0 aliphatic heterocycles. The van der Waals surface area contributed by atoms with Gasteiger partial charge in [0.05, 0.1) is 0 Å². The largest absolute Gasteiger partial charge is 0.330 e. The van der Waals surface area contributed by atoms with E-state index in [9.17, 15) is 0 Å². The van der Waals surface area contributed by atoms with Crippen molar-refractivity contribution in [3.05, 3.63) is 34.0 Å². The number of rotatable bonds is 5. The fraction of sp³-hybridized carbons (Fsp3) is 0.455. The fourth-order valence-corrected chi connectivity index (χ4v) is 1.92. The average Bonchev–Trinajstić information content (AvgIpc) is 2.64. The highest BCUT2D eigenvalue weighted by molar-refractivity contribution is 7.09. The Bertz CT molecular complexity index is 249. The van der Waals surface area contributed by atoms with Gasteiger partial charge in [0, 0.05) is 4.88 Å². The van der Waals surface area contributed by atoms with Gasteiger partial charge in [-0.25, -0.2) is 0 Å². The summed E-state index contributed by atoms with van der Waals surface area (Å²) < 4.78 is 0. The second kappa shape index (κ2) is 5.95. The van der Waals surface area contributed by atoms with Gasteiger partial charge in [0.1, 0.15) is 0 Å². The SMILES string of the molecule is CC(=CCCN)CCc1cccs1. The first-order chi connectivity index (χ1) is 6.33. The van der Waals surface area contributed by atoms with E-state index in [0.29, 0.717) is 0 Å². The standard InChI is InChI=1S/C11H17NS/c1-10(4-2-8-12)6-7-11-5-3-9-13-11/h3-5,9H,2,6-8,12H2,1H3. The van der Waals surface area contributed by atoms with E-state index in [0.717, 1.165) is 13.0 Å². The van der Waals surface area contributed by atoms with E-state index in [2.05, 4.69) is 30.5 Å². The van der Waals surface area contributed by atoms with Crippen molar-refractivity contribution in [1.82, 2.24) is 0 Å². The third-order valence-corrected chi connectivity index (χ3v) is 2.94. The number of nitrogens with two attached hydrogens (primary N) is 1. The molecule has 1 heterocycles. The van der Waals surface area contributed by atoms with Gasteiger partial charge in [-0.1, -0.05) is 17.7 Å². The molecule has 1 aromatic rings. The highest BCUT2D eigenvalue weighted by atomic mass is 32.1. The molecule has 0 bridgehead atoms. The molecule has 0 radical (unpaired) electrons. The minimum Gasteiger partial charge on any atom is -0.330 e. The number of hydrogen-bond acceptors (Lipinski definition) is 2. The predicted molar refractivity (Wildman–Crippen MR) is 60.1 cm³/mol. The third kappa shape index (κ3) is 4.25. The van der Waals surface area contributed by atoms with Crippen LogP contribution in [0.3, 0.4) is 0 Å². The molecular weight excluding hydrogens is 178 g/mol. The quantitative estimate of drug-likeness (QED) is 0.718. The maximum absolute atomic E-state index is 5.43. The predicted octanol–water partition coefficient (Wildman–Crippen LogP) is 2.98. The number of aryl methyl sites for hydroxylation is 1. The lowest BCUT2D eigenvalue weighted by Gasteiger charge is -1.98. The summed E-state index contributed by atoms with van der Waals surface area (Å²) in [5.41, 5.74) is 6.88. The van der Waals surface area contributed by atoms with Crippen molar-refractivity contribution in [2.75, 3.05) is 6.54 Å². The highest BCUT2D eigenvalue weighted by Crippen LogP contribution is 2.14. The second-order valence-corrected chi connectivity index (χ2v) is 4.24. The normalized spacial score (nSPS) is 12.0. The number of allylic oxidation sites excluding steroid dienone is 1. The highest BCUT2D eigenvalue weighted by Gasteiger charge is 1.94. The molecule has 0 atom stereocenters. The Labute approximate surface area is 84.3 Å². The number of thiophene rings is 1. The van der Waals surface area contributed by atoms with Gasteiger partial charge in [-0.15, -0.1) is 11.3 Å². The molecule has 0 aromatic carbocycles. The zero-order valence-corrected chi connectivity index (χ0v) is 8.94. The summed E-state index contributed by atoms with van der Waals surface area (Å²) in [6.07, 6.45) is 5.59. The molecule has 2 heteroatoms. The van der Waals surface area contributed by atoms with Crippen LogP contribution in [0.25, 0.3) is 0 Å². The van der Waals surface area contributed by atoms with Gasteiger partial charge in [0.15, 0.2) is 0 Å². The van der Waals surface area contributed by atoms with Crippen LogP contribution in [0.5, 0.6) is 0 Å². The van der Waals surface area contributed by atoms with E-state index in [1.165, 1.54) is 23.3 Å². The van der Waals surface area contributed by atoms with Gasteiger partial charge in [0.25, 0.3) is 0 Å². The zero-order chi connectivity index (χ0) is 9.52. The Hall–Kier alpha value is -0.600. The summed E-state index contributed by atoms with van der Waals surface area (Å²) in [7, 11) is 0. The molecule has 0 saturated carbocycles. The fourth-order valence-electron chi connectivity index (χ4n) is 1.21. The molecule has 72 valence electrons. The Balaban J connectivity index is 2.26. The molecule has 0 amide bonds. The van der Waals surface area contributed by atoms with Crippen LogP contribution < -0.4 is 5.73 Å². The van der Waals surface area contributed by atoms with Crippen LogP contribution in [-0.4, -0.2) is 6.54 Å². The van der Waals surface area contributed by atoms with Crippen LogP contribution in [0, 0.1) is 0 Å². The van der Waals surface area contributed by atoms with Crippen LogP contribution in [-0.2, 0) is 6.42 Å². The topological polar surface area (TPSA) is 26.0 Å². The molecule has 0 saturated heterocycles. The third-order valence-electron chi connectivity index (χ3n) is 2.01. The molecule has 0 aliphatic rings. The molecule has 1 aromatic heterocycles. The molecule has 0 aliphatic carbocycles. The smallest absolute Gasteiger partial charge is 0.00483 e. The van der Waals surface area contributed by atoms with Crippen molar-refractivity contribution in [2.45, 2.75) is 26.2 Å². The molecule has 13 heavy (non-hydrogen) atoms. The maximum atomic E-state index is 5.43. The van der Waals surface area contributed by atoms with Crippen molar-refractivity contribution < 1.29 is 0 Å². The summed E-state index contributed by atoms with van der Waals surface area (Å²) in [5.74, 6) is 0. The summed E-state index contributed by atoms with van der Waals surface area (Å²) in [6.45, 7) is 2.94. The molecule has 1 rings (SSSR count). The van der Waals surface area contributed by atoms with E-state index in [1.807, 2.05) is 11.3 Å². The Morgan fingerprint density at radius 1 is 1.62 bits per heavy atom. The summed E-state index contributed by atoms with van der Waals surface area (Å²) >= 11 is 1.84. The summed E-state index contributed by atoms with van der Waals surface area (Å²) in [4.78, 5) is 1.47. The first-order valence-corrected chi connectivity index (χ1v) is 5.59. The molecular formula is C11H17NS. The zero-order valence-electron chi connectivity index (χ0n) is 8.12. The minimum absolute atomic E-state index is 0.760. The Morgan fingerprint density at radius 2 is 2.46 bits per heavy atom. The average molecular weight is 195 g/mol.